The first-order valence-corrected chi connectivity index (χ1v) is 27.2. The van der Waals surface area contributed by atoms with Crippen LogP contribution in [0, 0.1) is 11.8 Å². The van der Waals surface area contributed by atoms with Crippen LogP contribution in [0.15, 0.2) is 72.8 Å². The molecule has 6 atom stereocenters. The largest absolute Gasteiger partial charge is 0.0603 e. The van der Waals surface area contributed by atoms with Gasteiger partial charge in [0.2, 0.25) is 11.8 Å². The van der Waals surface area contributed by atoms with Gasteiger partial charge in [0.25, 0.3) is 0 Å². The van der Waals surface area contributed by atoms with Crippen molar-refractivity contribution in [3.05, 3.63) is 83.9 Å². The summed E-state index contributed by atoms with van der Waals surface area (Å²) in [7, 11) is 0.647. The Morgan fingerprint density at radius 2 is 0.954 bits per heavy atom. The van der Waals surface area contributed by atoms with Crippen LogP contribution in [-0.4, -0.2) is 105 Å². The second-order valence-corrected chi connectivity index (χ2v) is 25.4. The molecule has 3 aromatic rings. The molecule has 0 unspecified atom stereocenters. The minimum Gasteiger partial charge on any atom is -0.0603 e. The average Bonchev–Trinajstić information content (AvgIpc) is 4.08. The zero-order valence-corrected chi connectivity index (χ0v) is 40.5. The quantitative estimate of drug-likeness (QED) is 0.129. The molecule has 0 radical (unpaired) electrons. The van der Waals surface area contributed by atoms with Crippen molar-refractivity contribution in [2.75, 3.05) is 42.8 Å². The summed E-state index contributed by atoms with van der Waals surface area (Å²) in [5.74, 6) is -1.54. The molecule has 15 nitrogen and oxygen atoms in total. The number of ether oxygens (including phenoxy) is 2. The number of likely N-dealkylation sites (tertiary alicyclic amines) is 2. The van der Waals surface area contributed by atoms with Crippen LogP contribution in [0.2, 0.25) is 19.6 Å². The zero-order valence-electron chi connectivity index (χ0n) is 39.4. The minimum atomic E-state index is -1.86. The first kappa shape index (κ1) is 48.6. The van der Waals surface area contributed by atoms with Crippen LogP contribution in [0.4, 0.5) is 26.7 Å². The van der Waals surface area contributed by atoms with E-state index in [2.05, 4.69) is 94.3 Å². The molecule has 16 heteroatoms. The molecule has 3 fully saturated rings. The van der Waals surface area contributed by atoms with Gasteiger partial charge in [0.15, 0.2) is 0 Å². The topological polar surface area (TPSA) is 179 Å². The van der Waals surface area contributed by atoms with Crippen LogP contribution in [0.5, 0.6) is 0 Å². The Morgan fingerprint density at radius 1 is 0.569 bits per heavy atom. The second kappa shape index (κ2) is 20.9. The summed E-state index contributed by atoms with van der Waals surface area (Å²) in [5, 5.41) is 12.8. The number of nitrogens with one attached hydrogen (secondary N) is 4. The van der Waals surface area contributed by atoms with Crippen LogP contribution < -0.4 is 31.4 Å². The van der Waals surface area contributed by atoms with Gasteiger partial charge in [-0.05, 0) is 37.5 Å². The van der Waals surface area contributed by atoms with Crippen LogP contribution >= 0.6 is 0 Å². The molecule has 0 spiro atoms. The van der Waals surface area contributed by atoms with Gasteiger partial charge in [0, 0.05) is 13.1 Å². The number of methoxy groups -OCH3 is 2. The predicted octanol–water partition coefficient (Wildman–Crippen LogP) is 6.67. The maximum Gasteiger partial charge on any atom is -0.0175 e. The molecule has 4 N–H and O–H groups in total. The Labute approximate surface area is 384 Å². The third kappa shape index (κ3) is 11.3. The van der Waals surface area contributed by atoms with E-state index in [1.165, 1.54) is 19.4 Å². The van der Waals surface area contributed by atoms with Crippen molar-refractivity contribution in [2.45, 2.75) is 122 Å². The van der Waals surface area contributed by atoms with E-state index in [0.29, 0.717) is 50.1 Å². The Morgan fingerprint density at radius 3 is 1.29 bits per heavy atom. The molecule has 3 saturated heterocycles. The van der Waals surface area contributed by atoms with E-state index in [1.807, 2.05) is 52.0 Å². The zero-order chi connectivity index (χ0) is 47.2. The summed E-state index contributed by atoms with van der Waals surface area (Å²) >= 11 is 0. The number of alkyl carbamates (subject to hydrolysis) is 2. The fraction of sp³-hybridized carbons (Fsp3) is 0.510. The van der Waals surface area contributed by atoms with E-state index in [9.17, 15) is 28.8 Å². The number of anilines is 3. The molecule has 3 aliphatic rings. The van der Waals surface area contributed by atoms with Crippen LogP contribution in [0.25, 0.3) is 0 Å². The van der Waals surface area contributed by atoms with E-state index in [1.54, 1.807) is 9.80 Å². The summed E-state index contributed by atoms with van der Waals surface area (Å²) in [5.41, 5.74) is 4.59. The van der Waals surface area contributed by atoms with E-state index in [0.717, 1.165) is 29.7 Å². The monoisotopic (exact) mass is 910 g/mol. The SMILES string of the molecule is COC(=O)N[C@H](C(=O)N1CCC[C@H]1C(=O)Nc1ccc([C@H]2CC[C@@H](c3ccc(NC(=O)[C@@H]4CCCN4C(=O)[C@@H](NC(=O)OC)C(C)C)cc3)N2c2ccc([SiH-](C)(C)C)cc2)cc1)C(C)C. The smallest absolute Gasteiger partial charge is 0.0175 e. The Balaban J connectivity index is 1.17. The van der Waals surface area contributed by atoms with Crippen LogP contribution in [0.3, 0.4) is 0 Å². The summed E-state index contributed by atoms with van der Waals surface area (Å²) in [6.07, 6.45) is 2.80. The minimum absolute atomic E-state index is 0.0387. The first-order valence-electron chi connectivity index (χ1n) is 23.2. The molecule has 0 saturated carbocycles. The van der Waals surface area contributed by atoms with Gasteiger partial charge in [0.05, 0.1) is 14.2 Å². The van der Waals surface area contributed by atoms with Crippen molar-refractivity contribution in [3.8, 4) is 0 Å². The normalized spacial score (nSPS) is 20.9. The van der Waals surface area contributed by atoms with Gasteiger partial charge in [0.1, 0.15) is 24.2 Å². The van der Waals surface area contributed by atoms with Crippen molar-refractivity contribution in [3.63, 3.8) is 0 Å². The molecule has 65 heavy (non-hydrogen) atoms. The molecule has 6 amide bonds. The van der Waals surface area contributed by atoms with Gasteiger partial charge >= 0.3 is 198 Å². The summed E-state index contributed by atoms with van der Waals surface area (Å²) < 4.78 is 9.49. The van der Waals surface area contributed by atoms with Crippen molar-refractivity contribution in [1.82, 2.24) is 20.4 Å². The molecule has 3 aromatic carbocycles. The third-order valence-electron chi connectivity index (χ3n) is 13.2. The van der Waals surface area contributed by atoms with Gasteiger partial charge < -0.3 is 29.9 Å². The number of hydrogen-bond acceptors (Lipinski definition) is 9. The third-order valence-corrected chi connectivity index (χ3v) is 15.5. The maximum absolute atomic E-state index is 13.7. The number of nitrogens with zero attached hydrogens (tertiary/aromatic N) is 3. The van der Waals surface area contributed by atoms with E-state index >= 15 is 0 Å². The average molecular weight is 911 g/mol. The predicted molar refractivity (Wildman–Crippen MR) is 256 cm³/mol. The van der Waals surface area contributed by atoms with E-state index in [-0.39, 0.29) is 47.5 Å². The van der Waals surface area contributed by atoms with Gasteiger partial charge in [-0.2, -0.15) is 0 Å². The second-order valence-electron chi connectivity index (χ2n) is 19.5. The molecule has 0 bridgehead atoms. The van der Waals surface area contributed by atoms with Crippen LogP contribution in [-0.2, 0) is 28.7 Å². The summed E-state index contributed by atoms with van der Waals surface area (Å²) in [4.78, 5) is 84.1. The van der Waals surface area contributed by atoms with E-state index in [4.69, 9.17) is 9.47 Å². The Kier molecular flexibility index (Phi) is 15.6. The molecule has 3 heterocycles. The van der Waals surface area contributed by atoms with E-state index < -0.39 is 44.4 Å². The van der Waals surface area contributed by atoms with Crippen molar-refractivity contribution < 1.29 is 38.2 Å². The number of carbonyl (C=O) groups is 6. The molecular formula is C49H68N7O8Si-. The maximum atomic E-state index is 13.7. The fourth-order valence-corrected chi connectivity index (χ4v) is 10.8. The van der Waals surface area contributed by atoms with Gasteiger partial charge in [-0.1, -0.05) is 27.7 Å². The standard InChI is InChI=1S/C49H68N7O8Si/c1-30(2)42(52-48(61)63-5)46(59)54-28-10-12-40(54)44(57)50-34-18-14-32(15-19-34)38-26-27-39(56(38)36-22-24-37(25-23-36)65(7,8)9)33-16-20-35(21-17-33)51-45(58)41-13-11-29-55(41)47(60)43(31(3)4)53-49(62)64-6/h14-25,30-31,38-43,65H,10-13,26-29H2,1-9H3,(H,50,57)(H,51,58)(H,52,61)(H,53,62)/q-1/t38-,39+,40-,41-,42-,43-/m0/s1. The summed E-state index contributed by atoms with van der Waals surface area (Å²) in [6.45, 7) is 15.3. The van der Waals surface area contributed by atoms with Crippen molar-refractivity contribution in [1.29, 1.82) is 0 Å². The Hall–Kier alpha value is -5.90. The van der Waals surface area contributed by atoms with Crippen molar-refractivity contribution in [2.24, 2.45) is 11.8 Å². The first-order chi connectivity index (χ1) is 30.9. The van der Waals surface area contributed by atoms with Gasteiger partial charge in [-0.15, -0.1) is 0 Å². The summed E-state index contributed by atoms with van der Waals surface area (Å²) in [6, 6.07) is 22.0. The number of benzene rings is 3. The Bertz CT molecular complexity index is 2050. The fourth-order valence-electron chi connectivity index (χ4n) is 9.44. The molecule has 352 valence electrons. The van der Waals surface area contributed by atoms with Crippen molar-refractivity contribution >= 4 is 66.1 Å². The number of hydrogen-bond donors (Lipinski definition) is 4. The molecule has 0 aromatic heterocycles. The molecular weight excluding hydrogens is 843 g/mol. The van der Waals surface area contributed by atoms with Gasteiger partial charge in [-0.3, -0.25) is 19.2 Å². The van der Waals surface area contributed by atoms with Gasteiger partial charge in [-0.25, -0.2) is 9.59 Å². The molecule has 6 rings (SSSR count). The number of carbonyl (C=O) groups excluding carboxylic acids is 6. The van der Waals surface area contributed by atoms with Crippen LogP contribution in [0.1, 0.15) is 89.4 Å². The number of rotatable bonds is 14. The molecule has 0 aliphatic carbocycles. The molecule has 3 aliphatic heterocycles. The number of amides is 6.